The third-order valence-corrected chi connectivity index (χ3v) is 13.5. The lowest BCUT2D eigenvalue weighted by Gasteiger charge is -2.10. The summed E-state index contributed by atoms with van der Waals surface area (Å²) in [7, 11) is 0. The Hall–Kier alpha value is -6.72. The minimum atomic E-state index is 1.16. The van der Waals surface area contributed by atoms with Crippen LogP contribution < -0.4 is 0 Å². The Morgan fingerprint density at radius 1 is 0.304 bits per heavy atom. The van der Waals surface area contributed by atoms with Crippen molar-refractivity contribution >= 4 is 86.5 Å². The molecule has 0 radical (unpaired) electrons. The summed E-state index contributed by atoms with van der Waals surface area (Å²) in [5.41, 5.74) is 13.4. The van der Waals surface area contributed by atoms with Gasteiger partial charge in [0.25, 0.3) is 0 Å². The van der Waals surface area contributed by atoms with Gasteiger partial charge in [-0.3, -0.25) is 0 Å². The van der Waals surface area contributed by atoms with Gasteiger partial charge in [-0.2, -0.15) is 0 Å². The second kappa shape index (κ2) is 12.4. The highest BCUT2D eigenvalue weighted by atomic mass is 32.1. The fourth-order valence-corrected chi connectivity index (χ4v) is 10.7. The Morgan fingerprint density at radius 2 is 0.786 bits per heavy atom. The van der Waals surface area contributed by atoms with Gasteiger partial charge >= 0.3 is 0 Å². The van der Waals surface area contributed by atoms with Crippen molar-refractivity contribution in [2.45, 2.75) is 0 Å². The molecule has 12 aromatic rings. The van der Waals surface area contributed by atoms with Crippen LogP contribution in [0.15, 0.2) is 193 Å². The molecule has 0 aliphatic carbocycles. The summed E-state index contributed by atoms with van der Waals surface area (Å²) in [6.45, 7) is 0. The smallest absolute Gasteiger partial charge is 0.0541 e. The van der Waals surface area contributed by atoms with Gasteiger partial charge in [-0.15, -0.1) is 22.7 Å². The molecule has 56 heavy (non-hydrogen) atoms. The van der Waals surface area contributed by atoms with Gasteiger partial charge in [0.05, 0.1) is 22.1 Å². The molecule has 0 unspecified atom stereocenters. The van der Waals surface area contributed by atoms with Crippen LogP contribution in [0.1, 0.15) is 0 Å². The van der Waals surface area contributed by atoms with Crippen molar-refractivity contribution in [3.05, 3.63) is 193 Å². The fraction of sp³-hybridized carbons (Fsp3) is 0. The van der Waals surface area contributed by atoms with Crippen LogP contribution >= 0.6 is 22.7 Å². The molecule has 4 heteroatoms. The van der Waals surface area contributed by atoms with E-state index in [1.165, 1.54) is 102 Å². The van der Waals surface area contributed by atoms with Gasteiger partial charge in [-0.25, -0.2) is 0 Å². The summed E-state index contributed by atoms with van der Waals surface area (Å²) in [5.74, 6) is 0. The van der Waals surface area contributed by atoms with Crippen molar-refractivity contribution in [1.82, 2.24) is 9.13 Å². The second-order valence-corrected chi connectivity index (χ2v) is 16.6. The second-order valence-electron chi connectivity index (χ2n) is 14.6. The van der Waals surface area contributed by atoms with E-state index in [0.29, 0.717) is 0 Å². The van der Waals surface area contributed by atoms with Crippen molar-refractivity contribution in [2.24, 2.45) is 0 Å². The molecule has 2 nitrogen and oxygen atoms in total. The third-order valence-electron chi connectivity index (χ3n) is 11.4. The molecular weight excluding hydrogens is 717 g/mol. The fourth-order valence-electron chi connectivity index (χ4n) is 8.79. The highest BCUT2D eigenvalue weighted by Gasteiger charge is 2.16. The molecule has 4 aromatic heterocycles. The normalized spacial score (nSPS) is 11.9. The van der Waals surface area contributed by atoms with Crippen LogP contribution in [0.3, 0.4) is 0 Å². The minimum absolute atomic E-state index is 1.16. The molecule has 0 bridgehead atoms. The van der Waals surface area contributed by atoms with Gasteiger partial charge in [0.15, 0.2) is 0 Å². The summed E-state index contributed by atoms with van der Waals surface area (Å²) in [6, 6.07) is 69.3. The Morgan fingerprint density at radius 3 is 1.39 bits per heavy atom. The Kier molecular flexibility index (Phi) is 7.00. The molecule has 0 fully saturated rings. The zero-order valence-corrected chi connectivity index (χ0v) is 31.8. The molecule has 0 aliphatic heterocycles. The monoisotopic (exact) mass is 748 g/mol. The van der Waals surface area contributed by atoms with Crippen LogP contribution in [0.2, 0.25) is 0 Å². The van der Waals surface area contributed by atoms with Crippen LogP contribution in [-0.4, -0.2) is 9.13 Å². The van der Waals surface area contributed by atoms with Crippen LogP contribution in [0.4, 0.5) is 0 Å². The molecule has 262 valence electrons. The first-order valence-corrected chi connectivity index (χ1v) is 20.7. The molecule has 0 saturated carbocycles. The van der Waals surface area contributed by atoms with E-state index in [-0.39, 0.29) is 0 Å². The molecule has 0 aliphatic rings. The van der Waals surface area contributed by atoms with Gasteiger partial charge in [0, 0.05) is 58.0 Å². The van der Waals surface area contributed by atoms with Gasteiger partial charge in [-0.1, -0.05) is 109 Å². The molecule has 0 atom stereocenters. The maximum absolute atomic E-state index is 2.41. The first kappa shape index (κ1) is 31.6. The summed E-state index contributed by atoms with van der Waals surface area (Å²) >= 11 is 3.68. The number of thiophene rings is 2. The van der Waals surface area contributed by atoms with E-state index in [9.17, 15) is 0 Å². The lowest BCUT2D eigenvalue weighted by molar-refractivity contribution is 1.18. The predicted octanol–water partition coefficient (Wildman–Crippen LogP) is 15.3. The highest BCUT2D eigenvalue weighted by Crippen LogP contribution is 2.41. The van der Waals surface area contributed by atoms with E-state index in [1.54, 1.807) is 11.3 Å². The molecule has 4 heterocycles. The van der Waals surface area contributed by atoms with E-state index >= 15 is 0 Å². The molecule has 8 aromatic carbocycles. The van der Waals surface area contributed by atoms with E-state index in [0.717, 1.165) is 5.69 Å². The summed E-state index contributed by atoms with van der Waals surface area (Å²) < 4.78 is 7.45. The molecule has 12 rings (SSSR count). The number of nitrogens with zero attached hydrogens (tertiary/aromatic N) is 2. The van der Waals surface area contributed by atoms with E-state index in [2.05, 4.69) is 203 Å². The number of aromatic nitrogens is 2. The summed E-state index contributed by atoms with van der Waals surface area (Å²) in [5, 5.41) is 9.85. The molecular formula is C52H32N2S2. The van der Waals surface area contributed by atoms with E-state index < -0.39 is 0 Å². The van der Waals surface area contributed by atoms with Crippen molar-refractivity contribution in [2.75, 3.05) is 0 Å². The zero-order valence-electron chi connectivity index (χ0n) is 30.2. The van der Waals surface area contributed by atoms with Gasteiger partial charge in [0.2, 0.25) is 0 Å². The number of hydrogen-bond donors (Lipinski definition) is 0. The first-order chi connectivity index (χ1) is 27.7. The van der Waals surface area contributed by atoms with Crippen molar-refractivity contribution < 1.29 is 0 Å². The lowest BCUT2D eigenvalue weighted by atomic mass is 10.0. The molecule has 0 saturated heterocycles. The van der Waals surface area contributed by atoms with E-state index in [4.69, 9.17) is 0 Å². The van der Waals surface area contributed by atoms with Crippen molar-refractivity contribution in [3.8, 4) is 44.1 Å². The van der Waals surface area contributed by atoms with Gasteiger partial charge in [-0.05, 0) is 112 Å². The molecule has 0 N–H and O–H groups in total. The van der Waals surface area contributed by atoms with Gasteiger partial charge < -0.3 is 9.13 Å². The maximum atomic E-state index is 2.41. The Labute approximate surface area is 331 Å². The van der Waals surface area contributed by atoms with Crippen molar-refractivity contribution in [1.29, 1.82) is 0 Å². The number of fused-ring (bicyclic) bond motifs is 9. The quantitative estimate of drug-likeness (QED) is 0.166. The Bertz CT molecular complexity index is 3450. The topological polar surface area (TPSA) is 9.86 Å². The van der Waals surface area contributed by atoms with E-state index in [1.807, 2.05) is 11.3 Å². The average molecular weight is 749 g/mol. The zero-order chi connectivity index (χ0) is 36.7. The van der Waals surface area contributed by atoms with Gasteiger partial charge in [0.1, 0.15) is 0 Å². The largest absolute Gasteiger partial charge is 0.309 e. The highest BCUT2D eigenvalue weighted by molar-refractivity contribution is 7.26. The lowest BCUT2D eigenvalue weighted by Crippen LogP contribution is -1.94. The maximum Gasteiger partial charge on any atom is 0.0541 e. The molecule has 0 spiro atoms. The average Bonchev–Trinajstić information content (AvgIpc) is 4.06. The standard InChI is InChI=1S/C52H32N2S2/c1-2-9-38(10-3-1)53-46-13-6-4-11-40(46)44-29-34(20-26-48(44)53)35-21-27-49-45(30-35)41-12-5-7-14-47(41)54(49)39-22-16-33(17-23-39)36-18-24-42-43-25-19-37(50-15-8-28-55-50)32-52(43)56-51(42)31-36/h1-32H. The van der Waals surface area contributed by atoms with Crippen LogP contribution in [0, 0.1) is 0 Å². The Balaban J connectivity index is 0.926. The van der Waals surface area contributed by atoms with Crippen LogP contribution in [-0.2, 0) is 0 Å². The number of benzene rings is 8. The predicted molar refractivity (Wildman–Crippen MR) is 242 cm³/mol. The summed E-state index contributed by atoms with van der Waals surface area (Å²) in [6.07, 6.45) is 0. The number of para-hydroxylation sites is 3. The minimum Gasteiger partial charge on any atom is -0.309 e. The summed E-state index contributed by atoms with van der Waals surface area (Å²) in [4.78, 5) is 1.32. The van der Waals surface area contributed by atoms with Crippen LogP contribution in [0.5, 0.6) is 0 Å². The third kappa shape index (κ3) is 4.86. The number of hydrogen-bond acceptors (Lipinski definition) is 2. The van der Waals surface area contributed by atoms with Crippen molar-refractivity contribution in [3.63, 3.8) is 0 Å². The molecule has 0 amide bonds. The SMILES string of the molecule is c1ccc(-n2c3ccccc3c3cc(-c4ccc5c(c4)c4ccccc4n5-c4ccc(-c5ccc6c(c5)sc5cc(-c7cccs7)ccc56)cc4)ccc32)cc1. The first-order valence-electron chi connectivity index (χ1n) is 19.0. The number of rotatable bonds is 5. The van der Waals surface area contributed by atoms with Crippen LogP contribution in [0.25, 0.3) is 108 Å².